The minimum absolute atomic E-state index is 0.499. The number of hydrogen-bond acceptors (Lipinski definition) is 12. The van der Waals surface area contributed by atoms with Crippen molar-refractivity contribution in [1.29, 1.82) is 0 Å². The fourth-order valence-corrected chi connectivity index (χ4v) is 5.08. The van der Waals surface area contributed by atoms with Crippen molar-refractivity contribution in [3.63, 3.8) is 0 Å². The second kappa shape index (κ2) is 51.8. The Labute approximate surface area is 329 Å². The first kappa shape index (κ1) is 52.8. The van der Waals surface area contributed by atoms with Crippen molar-refractivity contribution in [1.82, 2.24) is 0 Å². The van der Waals surface area contributed by atoms with Crippen LogP contribution in [-0.2, 0) is 56.8 Å². The fraction of sp³-hybridized carbons (Fsp3) is 1.00. The smallest absolute Gasteiger partial charge is 0.0701 e. The molecule has 0 radical (unpaired) electrons. The van der Waals surface area contributed by atoms with Crippen molar-refractivity contribution in [3.8, 4) is 0 Å². The molecule has 0 bridgehead atoms. The highest BCUT2D eigenvalue weighted by molar-refractivity contribution is 6.17. The number of rotatable bonds is 50. The molecule has 0 heterocycles. The summed E-state index contributed by atoms with van der Waals surface area (Å²) in [7, 11) is 0. The van der Waals surface area contributed by atoms with E-state index in [0.29, 0.717) is 158 Å². The van der Waals surface area contributed by atoms with E-state index in [-0.39, 0.29) is 0 Å². The van der Waals surface area contributed by atoms with E-state index in [4.69, 9.17) is 68.4 Å². The molecule has 0 amide bonds. The van der Waals surface area contributed by atoms with Gasteiger partial charge in [-0.2, -0.15) is 0 Å². The summed E-state index contributed by atoms with van der Waals surface area (Å²) in [5.41, 5.74) is 0. The Morgan fingerprint density at radius 2 is 0.377 bits per heavy atom. The van der Waals surface area contributed by atoms with Crippen LogP contribution in [0.4, 0.5) is 0 Å². The summed E-state index contributed by atoms with van der Waals surface area (Å²) >= 11 is 5.52. The molecular weight excluding hydrogens is 708 g/mol. The molecule has 0 saturated carbocycles. The van der Waals surface area contributed by atoms with Crippen LogP contribution in [0, 0.1) is 0 Å². The maximum Gasteiger partial charge on any atom is 0.0701 e. The Kier molecular flexibility index (Phi) is 51.6. The average molecular weight is 790 g/mol. The van der Waals surface area contributed by atoms with Gasteiger partial charge in [-0.15, -0.1) is 11.6 Å². The van der Waals surface area contributed by atoms with Crippen molar-refractivity contribution < 1.29 is 56.8 Å². The van der Waals surface area contributed by atoms with Crippen molar-refractivity contribution >= 4 is 11.6 Å². The summed E-state index contributed by atoms with van der Waals surface area (Å²) in [6, 6.07) is 0. The number of ether oxygens (including phenoxy) is 12. The lowest BCUT2D eigenvalue weighted by Crippen LogP contribution is -2.15. The molecule has 12 nitrogen and oxygen atoms in total. The molecule has 0 spiro atoms. The van der Waals surface area contributed by atoms with E-state index in [0.717, 1.165) is 13.0 Å². The third kappa shape index (κ3) is 51.8. The summed E-state index contributed by atoms with van der Waals surface area (Å²) in [6.07, 6.45) is 19.2. The maximum atomic E-state index is 5.68. The van der Waals surface area contributed by atoms with E-state index in [1.165, 1.54) is 83.5 Å². The van der Waals surface area contributed by atoms with Gasteiger partial charge in [0.1, 0.15) is 0 Å². The molecule has 0 N–H and O–H groups in total. The van der Waals surface area contributed by atoms with Crippen LogP contribution in [0.15, 0.2) is 0 Å². The normalized spacial score (nSPS) is 11.7. The van der Waals surface area contributed by atoms with Crippen LogP contribution in [0.3, 0.4) is 0 Å². The Morgan fingerprint density at radius 3 is 0.585 bits per heavy atom. The van der Waals surface area contributed by atoms with Crippen LogP contribution in [0.2, 0.25) is 0 Å². The lowest BCUT2D eigenvalue weighted by Gasteiger charge is -2.09. The zero-order valence-corrected chi connectivity index (χ0v) is 34.6. The van der Waals surface area contributed by atoms with Crippen LogP contribution in [0.5, 0.6) is 0 Å². The lowest BCUT2D eigenvalue weighted by atomic mass is 10.0. The third-order valence-electron chi connectivity index (χ3n) is 7.96. The first-order chi connectivity index (χ1) is 26.4. The van der Waals surface area contributed by atoms with Crippen LogP contribution >= 0.6 is 11.6 Å². The van der Waals surface area contributed by atoms with Crippen LogP contribution in [-0.4, -0.2) is 164 Å². The van der Waals surface area contributed by atoms with Gasteiger partial charge in [0, 0.05) is 12.5 Å². The summed E-state index contributed by atoms with van der Waals surface area (Å²) in [5.74, 6) is 0.499. The Morgan fingerprint density at radius 1 is 0.208 bits per heavy atom. The van der Waals surface area contributed by atoms with E-state index in [2.05, 4.69) is 6.92 Å². The predicted octanol–water partition coefficient (Wildman–Crippen LogP) is 6.91. The Balaban J connectivity index is 3.05. The first-order valence-electron chi connectivity index (χ1n) is 20.9. The summed E-state index contributed by atoms with van der Waals surface area (Å²) < 4.78 is 65.8. The molecule has 53 heavy (non-hydrogen) atoms. The van der Waals surface area contributed by atoms with Crippen LogP contribution < -0.4 is 0 Å². The highest BCUT2D eigenvalue weighted by Gasteiger charge is 1.98. The molecule has 0 aliphatic rings. The molecule has 13 heteroatoms. The second-order valence-electron chi connectivity index (χ2n) is 12.6. The van der Waals surface area contributed by atoms with Gasteiger partial charge in [0.05, 0.1) is 152 Å². The molecule has 0 aromatic carbocycles. The SMILES string of the molecule is CCCCCCCCCCCCCCCCOCCOCCOCCOCCOCCOCCOCCOCCOCCOCCOCCOCCCl. The van der Waals surface area contributed by atoms with E-state index in [1.54, 1.807) is 0 Å². The summed E-state index contributed by atoms with van der Waals surface area (Å²) in [4.78, 5) is 0. The van der Waals surface area contributed by atoms with E-state index in [9.17, 15) is 0 Å². The van der Waals surface area contributed by atoms with Gasteiger partial charge in [-0.25, -0.2) is 0 Å². The monoisotopic (exact) mass is 789 g/mol. The summed E-state index contributed by atoms with van der Waals surface area (Å²) in [5, 5.41) is 0. The van der Waals surface area contributed by atoms with Gasteiger partial charge in [-0.1, -0.05) is 90.4 Å². The van der Waals surface area contributed by atoms with E-state index < -0.39 is 0 Å². The van der Waals surface area contributed by atoms with E-state index >= 15 is 0 Å². The third-order valence-corrected chi connectivity index (χ3v) is 8.11. The van der Waals surface area contributed by atoms with Crippen molar-refractivity contribution in [2.45, 2.75) is 96.8 Å². The quantitative estimate of drug-likeness (QED) is 0.0472. The molecule has 0 unspecified atom stereocenters. The Hall–Kier alpha value is -0.190. The average Bonchev–Trinajstić information content (AvgIpc) is 3.17. The zero-order valence-electron chi connectivity index (χ0n) is 33.9. The largest absolute Gasteiger partial charge is 0.379 e. The van der Waals surface area contributed by atoms with Gasteiger partial charge in [0.25, 0.3) is 0 Å². The second-order valence-corrected chi connectivity index (χ2v) is 13.0. The van der Waals surface area contributed by atoms with Gasteiger partial charge in [-0.3, -0.25) is 0 Å². The first-order valence-corrected chi connectivity index (χ1v) is 21.4. The predicted molar refractivity (Wildman–Crippen MR) is 211 cm³/mol. The van der Waals surface area contributed by atoms with Gasteiger partial charge in [0.15, 0.2) is 0 Å². The molecule has 320 valence electrons. The maximum absolute atomic E-state index is 5.68. The molecular formula is C40H81ClO12. The summed E-state index contributed by atoms with van der Waals surface area (Å²) in [6.45, 7) is 15.5. The minimum atomic E-state index is 0.499. The number of halogens is 1. The van der Waals surface area contributed by atoms with Gasteiger partial charge < -0.3 is 56.8 Å². The van der Waals surface area contributed by atoms with Crippen molar-refractivity contribution in [2.24, 2.45) is 0 Å². The molecule has 0 aliphatic carbocycles. The van der Waals surface area contributed by atoms with Crippen molar-refractivity contribution in [2.75, 3.05) is 164 Å². The molecule has 0 aliphatic heterocycles. The molecule has 0 atom stereocenters. The molecule has 0 fully saturated rings. The fourth-order valence-electron chi connectivity index (χ4n) is 4.97. The number of hydrogen-bond donors (Lipinski definition) is 0. The standard InChI is InChI=1S/C40H81ClO12/c1-2-3-4-5-6-7-8-9-10-11-12-13-14-15-17-42-19-21-44-23-25-46-27-29-48-31-33-50-35-37-52-39-40-53-38-36-51-34-32-49-30-28-47-26-24-45-22-20-43-18-16-41/h2-40H2,1H3. The number of alkyl halides is 1. The molecule has 0 aromatic heterocycles. The molecule has 0 aromatic rings. The van der Waals surface area contributed by atoms with Crippen LogP contribution in [0.25, 0.3) is 0 Å². The molecule has 0 saturated heterocycles. The van der Waals surface area contributed by atoms with E-state index in [1.807, 2.05) is 0 Å². The van der Waals surface area contributed by atoms with Gasteiger partial charge in [-0.05, 0) is 6.42 Å². The minimum Gasteiger partial charge on any atom is -0.379 e. The van der Waals surface area contributed by atoms with Crippen molar-refractivity contribution in [3.05, 3.63) is 0 Å². The lowest BCUT2D eigenvalue weighted by molar-refractivity contribution is -0.0282. The van der Waals surface area contributed by atoms with Crippen LogP contribution in [0.1, 0.15) is 96.8 Å². The highest BCUT2D eigenvalue weighted by Crippen LogP contribution is 2.13. The topological polar surface area (TPSA) is 111 Å². The highest BCUT2D eigenvalue weighted by atomic mass is 35.5. The van der Waals surface area contributed by atoms with Gasteiger partial charge in [0.2, 0.25) is 0 Å². The number of unbranched alkanes of at least 4 members (excludes halogenated alkanes) is 13. The van der Waals surface area contributed by atoms with Gasteiger partial charge >= 0.3 is 0 Å². The molecule has 0 rings (SSSR count). The zero-order chi connectivity index (χ0) is 38.1. The Bertz CT molecular complexity index is 576.